The fourth-order valence-electron chi connectivity index (χ4n) is 1.81. The Labute approximate surface area is 116 Å². The number of imide groups is 1. The van der Waals surface area contributed by atoms with Gasteiger partial charge in [-0.1, -0.05) is 12.1 Å². The van der Waals surface area contributed by atoms with Gasteiger partial charge in [0.05, 0.1) is 13.2 Å². The number of hydrogen-bond acceptors (Lipinski definition) is 4. The Kier molecular flexibility index (Phi) is 3.93. The number of urea groups is 1. The lowest BCUT2D eigenvalue weighted by molar-refractivity contribution is -0.115. The van der Waals surface area contributed by atoms with Gasteiger partial charge in [-0.05, 0) is 26.0 Å². The van der Waals surface area contributed by atoms with Gasteiger partial charge in [-0.2, -0.15) is 0 Å². The molecule has 1 saturated heterocycles. The van der Waals surface area contributed by atoms with Gasteiger partial charge in [0.2, 0.25) is 0 Å². The second-order valence-electron chi connectivity index (χ2n) is 4.51. The summed E-state index contributed by atoms with van der Waals surface area (Å²) >= 11 is 0. The number of benzene rings is 1. The predicted octanol–water partition coefficient (Wildman–Crippen LogP) is 1.66. The first-order valence-electron chi connectivity index (χ1n) is 6.19. The summed E-state index contributed by atoms with van der Waals surface area (Å²) in [6.07, 6.45) is 1.51. The van der Waals surface area contributed by atoms with E-state index in [2.05, 4.69) is 10.6 Å². The fraction of sp³-hybridized carbons (Fsp3) is 0.286. The van der Waals surface area contributed by atoms with Gasteiger partial charge in [-0.25, -0.2) is 4.79 Å². The number of rotatable bonds is 4. The van der Waals surface area contributed by atoms with Crippen LogP contribution in [0.25, 0.3) is 6.08 Å². The molecule has 2 N–H and O–H groups in total. The molecule has 1 aliphatic rings. The van der Waals surface area contributed by atoms with Crippen molar-refractivity contribution in [3.8, 4) is 11.5 Å². The summed E-state index contributed by atoms with van der Waals surface area (Å²) in [5, 5.41) is 4.58. The Hall–Kier alpha value is -2.50. The van der Waals surface area contributed by atoms with Gasteiger partial charge in [0.15, 0.2) is 11.5 Å². The molecule has 1 heterocycles. The number of methoxy groups -OCH3 is 1. The van der Waals surface area contributed by atoms with Gasteiger partial charge in [-0.3, -0.25) is 10.1 Å². The highest BCUT2D eigenvalue weighted by atomic mass is 16.5. The number of carbonyl (C=O) groups excluding carboxylic acids is 2. The van der Waals surface area contributed by atoms with E-state index in [4.69, 9.17) is 9.47 Å². The molecule has 3 amide bonds. The minimum Gasteiger partial charge on any atom is -0.493 e. The van der Waals surface area contributed by atoms with Crippen LogP contribution < -0.4 is 20.1 Å². The molecule has 0 bridgehead atoms. The van der Waals surface area contributed by atoms with Crippen molar-refractivity contribution >= 4 is 18.0 Å². The Bertz CT molecular complexity index is 579. The first-order chi connectivity index (χ1) is 9.51. The highest BCUT2D eigenvalue weighted by Crippen LogP contribution is 2.33. The van der Waals surface area contributed by atoms with E-state index in [0.29, 0.717) is 17.1 Å². The van der Waals surface area contributed by atoms with Gasteiger partial charge in [0.1, 0.15) is 5.70 Å². The molecule has 2 rings (SSSR count). The summed E-state index contributed by atoms with van der Waals surface area (Å²) in [5.41, 5.74) is 0.835. The molecule has 106 valence electrons. The van der Waals surface area contributed by atoms with E-state index in [9.17, 15) is 9.59 Å². The number of ether oxygens (including phenoxy) is 2. The van der Waals surface area contributed by atoms with Crippen molar-refractivity contribution in [3.63, 3.8) is 0 Å². The molecule has 6 nitrogen and oxygen atoms in total. The van der Waals surface area contributed by atoms with Gasteiger partial charge < -0.3 is 14.8 Å². The van der Waals surface area contributed by atoms with Crippen LogP contribution in [-0.4, -0.2) is 25.2 Å². The molecule has 20 heavy (non-hydrogen) atoms. The zero-order valence-corrected chi connectivity index (χ0v) is 11.5. The Morgan fingerprint density at radius 3 is 2.50 bits per heavy atom. The Morgan fingerprint density at radius 2 is 1.95 bits per heavy atom. The van der Waals surface area contributed by atoms with E-state index in [-0.39, 0.29) is 11.8 Å². The van der Waals surface area contributed by atoms with Crippen LogP contribution in [-0.2, 0) is 4.79 Å². The molecule has 0 saturated carbocycles. The second kappa shape index (κ2) is 5.64. The van der Waals surface area contributed by atoms with Crippen molar-refractivity contribution in [2.24, 2.45) is 0 Å². The summed E-state index contributed by atoms with van der Waals surface area (Å²) < 4.78 is 11.0. The zero-order chi connectivity index (χ0) is 14.7. The largest absolute Gasteiger partial charge is 0.493 e. The van der Waals surface area contributed by atoms with Crippen LogP contribution in [0.1, 0.15) is 19.4 Å². The topological polar surface area (TPSA) is 76.7 Å². The summed E-state index contributed by atoms with van der Waals surface area (Å²) in [6, 6.07) is 4.81. The minimum absolute atomic E-state index is 0.0459. The molecule has 6 heteroatoms. The van der Waals surface area contributed by atoms with Crippen LogP contribution in [0.3, 0.4) is 0 Å². The standard InChI is InChI=1S/C14H16N2O4/c1-8(2)20-12-9(5-4-6-11(12)19-3)7-10-13(17)16-14(18)15-10/h4-8H,1-3H3,(H2,15,16,17,18)/b10-7+. The summed E-state index contributed by atoms with van der Waals surface area (Å²) in [4.78, 5) is 22.6. The van der Waals surface area contributed by atoms with Crippen LogP contribution in [0.4, 0.5) is 4.79 Å². The molecule has 0 unspecified atom stereocenters. The minimum atomic E-state index is -0.532. The van der Waals surface area contributed by atoms with Crippen molar-refractivity contribution in [2.75, 3.05) is 7.11 Å². The van der Waals surface area contributed by atoms with Crippen molar-refractivity contribution in [1.29, 1.82) is 0 Å². The van der Waals surface area contributed by atoms with Crippen molar-refractivity contribution in [1.82, 2.24) is 10.6 Å². The first-order valence-corrected chi connectivity index (χ1v) is 6.19. The molecule has 1 aromatic rings. The van der Waals surface area contributed by atoms with E-state index in [0.717, 1.165) is 0 Å². The van der Waals surface area contributed by atoms with Crippen LogP contribution in [0.5, 0.6) is 11.5 Å². The third-order valence-corrected chi connectivity index (χ3v) is 2.60. The molecule has 0 radical (unpaired) electrons. The molecule has 1 fully saturated rings. The summed E-state index contributed by atoms with van der Waals surface area (Å²) in [5.74, 6) is 0.637. The zero-order valence-electron chi connectivity index (χ0n) is 11.5. The predicted molar refractivity (Wildman–Crippen MR) is 73.4 cm³/mol. The fourth-order valence-corrected chi connectivity index (χ4v) is 1.81. The molecule has 0 aromatic heterocycles. The number of amides is 3. The molecule has 0 aliphatic carbocycles. The monoisotopic (exact) mass is 276 g/mol. The first kappa shape index (κ1) is 13.9. The van der Waals surface area contributed by atoms with E-state index in [1.165, 1.54) is 0 Å². The average Bonchev–Trinajstić information content (AvgIpc) is 2.69. The van der Waals surface area contributed by atoms with Crippen LogP contribution >= 0.6 is 0 Å². The maximum absolute atomic E-state index is 11.5. The van der Waals surface area contributed by atoms with Crippen LogP contribution in [0.2, 0.25) is 0 Å². The second-order valence-corrected chi connectivity index (χ2v) is 4.51. The van der Waals surface area contributed by atoms with E-state index >= 15 is 0 Å². The molecular formula is C14H16N2O4. The van der Waals surface area contributed by atoms with Crippen LogP contribution in [0.15, 0.2) is 23.9 Å². The highest BCUT2D eigenvalue weighted by Gasteiger charge is 2.23. The smallest absolute Gasteiger partial charge is 0.326 e. The normalized spacial score (nSPS) is 16.3. The number of nitrogens with one attached hydrogen (secondary N) is 2. The van der Waals surface area contributed by atoms with E-state index < -0.39 is 11.9 Å². The number of hydrogen-bond donors (Lipinski definition) is 2. The lowest BCUT2D eigenvalue weighted by atomic mass is 10.1. The molecule has 0 spiro atoms. The van der Waals surface area contributed by atoms with Crippen LogP contribution in [0, 0.1) is 0 Å². The van der Waals surface area contributed by atoms with Crippen molar-refractivity contribution in [2.45, 2.75) is 20.0 Å². The summed E-state index contributed by atoms with van der Waals surface area (Å²) in [7, 11) is 1.55. The maximum Gasteiger partial charge on any atom is 0.326 e. The third kappa shape index (κ3) is 2.90. The average molecular weight is 276 g/mol. The SMILES string of the molecule is COc1cccc(/C=C2/NC(=O)NC2=O)c1OC(C)C. The maximum atomic E-state index is 11.5. The van der Waals surface area contributed by atoms with Gasteiger partial charge in [0, 0.05) is 5.56 Å². The van der Waals surface area contributed by atoms with Gasteiger partial charge in [-0.15, -0.1) is 0 Å². The quantitative estimate of drug-likeness (QED) is 0.647. The van der Waals surface area contributed by atoms with Gasteiger partial charge >= 0.3 is 6.03 Å². The number of carbonyl (C=O) groups is 2. The Balaban J connectivity index is 2.43. The Morgan fingerprint density at radius 1 is 1.20 bits per heavy atom. The lowest BCUT2D eigenvalue weighted by Gasteiger charge is -2.16. The molecule has 1 aromatic carbocycles. The number of para-hydroxylation sites is 1. The molecule has 1 aliphatic heterocycles. The molecule has 0 atom stereocenters. The van der Waals surface area contributed by atoms with Crippen molar-refractivity contribution < 1.29 is 19.1 Å². The highest BCUT2D eigenvalue weighted by molar-refractivity contribution is 6.14. The van der Waals surface area contributed by atoms with Gasteiger partial charge in [0.25, 0.3) is 5.91 Å². The summed E-state index contributed by atoms with van der Waals surface area (Å²) in [6.45, 7) is 3.79. The molecular weight excluding hydrogens is 260 g/mol. The lowest BCUT2D eigenvalue weighted by Crippen LogP contribution is -2.22. The van der Waals surface area contributed by atoms with E-state index in [1.54, 1.807) is 31.4 Å². The van der Waals surface area contributed by atoms with E-state index in [1.807, 2.05) is 13.8 Å². The van der Waals surface area contributed by atoms with Crippen molar-refractivity contribution in [3.05, 3.63) is 29.5 Å². The third-order valence-electron chi connectivity index (χ3n) is 2.60.